The highest BCUT2D eigenvalue weighted by molar-refractivity contribution is 6.13. The monoisotopic (exact) mass is 297 g/mol. The molecule has 0 spiro atoms. The van der Waals surface area contributed by atoms with Crippen molar-refractivity contribution in [3.8, 4) is 0 Å². The van der Waals surface area contributed by atoms with Crippen LogP contribution in [0.25, 0.3) is 0 Å². The molecule has 2 heteroatoms. The van der Waals surface area contributed by atoms with Gasteiger partial charge in [0.1, 0.15) is 5.78 Å². The van der Waals surface area contributed by atoms with E-state index in [9.17, 15) is 4.79 Å². The first kappa shape index (κ1) is 15.5. The number of Topliss-reactive ketones (excluding diaryl/α,β-unsaturated/α-hetero) is 1. The van der Waals surface area contributed by atoms with Gasteiger partial charge in [-0.05, 0) is 44.2 Å². The van der Waals surface area contributed by atoms with Crippen LogP contribution in [0.3, 0.4) is 0 Å². The molecule has 1 heterocycles. The molecule has 1 aliphatic carbocycles. The van der Waals surface area contributed by atoms with Crippen LogP contribution in [0.4, 0.5) is 0 Å². The van der Waals surface area contributed by atoms with Gasteiger partial charge in [0.2, 0.25) is 0 Å². The molecular formula is C20H27NO. The molecule has 1 aliphatic heterocycles. The molecule has 22 heavy (non-hydrogen) atoms. The summed E-state index contributed by atoms with van der Waals surface area (Å²) in [6, 6.07) is 8.44. The number of benzene rings is 1. The van der Waals surface area contributed by atoms with Crippen molar-refractivity contribution in [1.82, 2.24) is 0 Å². The molecule has 118 valence electrons. The Hall–Kier alpha value is -1.44. The maximum absolute atomic E-state index is 12.9. The number of nitrogens with zero attached hydrogens (tertiary/aromatic N) is 1. The maximum Gasteiger partial charge on any atom is 0.144 e. The van der Waals surface area contributed by atoms with Gasteiger partial charge in [-0.1, -0.05) is 50.5 Å². The zero-order chi connectivity index (χ0) is 15.8. The Balaban J connectivity index is 1.87. The quantitative estimate of drug-likeness (QED) is 0.792. The molecule has 2 aliphatic rings. The molecule has 2 nitrogen and oxygen atoms in total. The average Bonchev–Trinajstić information content (AvgIpc) is 2.47. The Morgan fingerprint density at radius 3 is 2.50 bits per heavy atom. The van der Waals surface area contributed by atoms with Gasteiger partial charge in [0.15, 0.2) is 0 Å². The normalized spacial score (nSPS) is 22.6. The molecule has 0 bridgehead atoms. The molecule has 0 saturated heterocycles. The molecule has 1 saturated carbocycles. The first-order chi connectivity index (χ1) is 10.4. The van der Waals surface area contributed by atoms with Crippen LogP contribution in [0.1, 0.15) is 70.4 Å². The summed E-state index contributed by atoms with van der Waals surface area (Å²) in [4.78, 5) is 17.8. The SMILES string of the molecule is CC1(C)Cc2ccccc2C(CC(=O)C2(C)CCCCC2)=N1. The second-order valence-corrected chi connectivity index (χ2v) is 7.93. The number of ketones is 1. The summed E-state index contributed by atoms with van der Waals surface area (Å²) in [5.74, 6) is 0.387. The van der Waals surface area contributed by atoms with Crippen LogP contribution in [-0.2, 0) is 11.2 Å². The molecule has 0 N–H and O–H groups in total. The number of carbonyl (C=O) groups excluding carboxylic acids is 1. The van der Waals surface area contributed by atoms with Gasteiger partial charge in [-0.25, -0.2) is 0 Å². The molecular weight excluding hydrogens is 270 g/mol. The van der Waals surface area contributed by atoms with E-state index in [-0.39, 0.29) is 11.0 Å². The van der Waals surface area contributed by atoms with Gasteiger partial charge in [-0.3, -0.25) is 9.79 Å². The van der Waals surface area contributed by atoms with Gasteiger partial charge in [-0.2, -0.15) is 0 Å². The number of carbonyl (C=O) groups is 1. The summed E-state index contributed by atoms with van der Waals surface area (Å²) >= 11 is 0. The minimum absolute atomic E-state index is 0.0998. The van der Waals surface area contributed by atoms with Crippen LogP contribution in [-0.4, -0.2) is 17.0 Å². The van der Waals surface area contributed by atoms with Crippen LogP contribution in [0, 0.1) is 5.41 Å². The van der Waals surface area contributed by atoms with Crippen molar-refractivity contribution < 1.29 is 4.79 Å². The van der Waals surface area contributed by atoms with E-state index in [1.165, 1.54) is 30.4 Å². The van der Waals surface area contributed by atoms with Crippen molar-refractivity contribution >= 4 is 11.5 Å². The minimum atomic E-state index is -0.128. The number of aliphatic imine (C=N–C) groups is 1. The topological polar surface area (TPSA) is 29.4 Å². The molecule has 1 fully saturated rings. The predicted octanol–water partition coefficient (Wildman–Crippen LogP) is 4.74. The fraction of sp³-hybridized carbons (Fsp3) is 0.600. The first-order valence-electron chi connectivity index (χ1n) is 8.60. The van der Waals surface area contributed by atoms with Gasteiger partial charge >= 0.3 is 0 Å². The Labute approximate surface area is 134 Å². The van der Waals surface area contributed by atoms with E-state index in [1.54, 1.807) is 0 Å². The zero-order valence-electron chi connectivity index (χ0n) is 14.1. The van der Waals surface area contributed by atoms with Crippen molar-refractivity contribution in [2.75, 3.05) is 0 Å². The smallest absolute Gasteiger partial charge is 0.144 e. The number of hydrogen-bond acceptors (Lipinski definition) is 2. The van der Waals surface area contributed by atoms with Crippen molar-refractivity contribution in [2.24, 2.45) is 10.4 Å². The zero-order valence-corrected chi connectivity index (χ0v) is 14.1. The Morgan fingerprint density at radius 1 is 1.09 bits per heavy atom. The highest BCUT2D eigenvalue weighted by atomic mass is 16.1. The van der Waals surface area contributed by atoms with E-state index in [1.807, 2.05) is 0 Å². The molecule has 0 amide bonds. The third-order valence-corrected chi connectivity index (χ3v) is 5.35. The first-order valence-corrected chi connectivity index (χ1v) is 8.60. The van der Waals surface area contributed by atoms with E-state index in [0.29, 0.717) is 12.2 Å². The van der Waals surface area contributed by atoms with Gasteiger partial charge in [0.05, 0.1) is 11.3 Å². The van der Waals surface area contributed by atoms with E-state index >= 15 is 0 Å². The summed E-state index contributed by atoms with van der Waals surface area (Å²) in [6.45, 7) is 6.49. The van der Waals surface area contributed by atoms with Crippen LogP contribution in [0.15, 0.2) is 29.3 Å². The highest BCUT2D eigenvalue weighted by Gasteiger charge is 2.36. The predicted molar refractivity (Wildman–Crippen MR) is 91.6 cm³/mol. The van der Waals surface area contributed by atoms with Gasteiger partial charge in [-0.15, -0.1) is 0 Å². The lowest BCUT2D eigenvalue weighted by molar-refractivity contribution is -0.128. The van der Waals surface area contributed by atoms with Crippen LogP contribution in [0.2, 0.25) is 0 Å². The van der Waals surface area contributed by atoms with E-state index in [2.05, 4.69) is 45.0 Å². The third-order valence-electron chi connectivity index (χ3n) is 5.35. The van der Waals surface area contributed by atoms with E-state index < -0.39 is 0 Å². The van der Waals surface area contributed by atoms with Gasteiger partial charge in [0, 0.05) is 11.8 Å². The Kier molecular flexibility index (Phi) is 3.96. The van der Waals surface area contributed by atoms with Gasteiger partial charge in [0.25, 0.3) is 0 Å². The Morgan fingerprint density at radius 2 is 1.77 bits per heavy atom. The van der Waals surface area contributed by atoms with Crippen LogP contribution >= 0.6 is 0 Å². The molecule has 1 aromatic carbocycles. The molecule has 0 aromatic heterocycles. The van der Waals surface area contributed by atoms with Crippen molar-refractivity contribution in [1.29, 1.82) is 0 Å². The molecule has 0 radical (unpaired) electrons. The fourth-order valence-corrected chi connectivity index (χ4v) is 4.00. The minimum Gasteiger partial charge on any atom is -0.299 e. The van der Waals surface area contributed by atoms with E-state index in [0.717, 1.165) is 25.0 Å². The maximum atomic E-state index is 12.9. The second-order valence-electron chi connectivity index (χ2n) is 7.93. The average molecular weight is 297 g/mol. The summed E-state index contributed by atoms with van der Waals surface area (Å²) in [5.41, 5.74) is 3.30. The molecule has 0 unspecified atom stereocenters. The van der Waals surface area contributed by atoms with Crippen LogP contribution < -0.4 is 0 Å². The van der Waals surface area contributed by atoms with Crippen LogP contribution in [0.5, 0.6) is 0 Å². The van der Waals surface area contributed by atoms with Crippen molar-refractivity contribution in [3.05, 3.63) is 35.4 Å². The lowest BCUT2D eigenvalue weighted by Gasteiger charge is -2.34. The molecule has 1 aromatic rings. The second kappa shape index (κ2) is 5.64. The molecule has 3 rings (SSSR count). The summed E-state index contributed by atoms with van der Waals surface area (Å²) in [7, 11) is 0. The number of hydrogen-bond donors (Lipinski definition) is 0. The van der Waals surface area contributed by atoms with Crippen molar-refractivity contribution in [2.45, 2.75) is 71.3 Å². The standard InChI is InChI=1S/C20H27NO/c1-19(2)14-15-9-5-6-10-16(15)17(21-19)13-18(22)20(3)11-7-4-8-12-20/h5-6,9-10H,4,7-8,11-14H2,1-3H3. The summed E-state index contributed by atoms with van der Waals surface area (Å²) in [6.07, 6.45) is 7.21. The van der Waals surface area contributed by atoms with Gasteiger partial charge < -0.3 is 0 Å². The summed E-state index contributed by atoms with van der Waals surface area (Å²) in [5, 5.41) is 0. The van der Waals surface area contributed by atoms with Crippen molar-refractivity contribution in [3.63, 3.8) is 0 Å². The number of fused-ring (bicyclic) bond motifs is 1. The molecule has 0 atom stereocenters. The van der Waals surface area contributed by atoms with E-state index in [4.69, 9.17) is 4.99 Å². The lowest BCUT2D eigenvalue weighted by Crippen LogP contribution is -2.35. The third kappa shape index (κ3) is 3.02. The Bertz CT molecular complexity index is 606. The lowest BCUT2D eigenvalue weighted by atomic mass is 9.71. The highest BCUT2D eigenvalue weighted by Crippen LogP contribution is 2.38. The summed E-state index contributed by atoms with van der Waals surface area (Å²) < 4.78 is 0. The largest absolute Gasteiger partial charge is 0.299 e. The number of rotatable bonds is 3. The fourth-order valence-electron chi connectivity index (χ4n) is 4.00.